The van der Waals surface area contributed by atoms with E-state index < -0.39 is 35.0 Å². The Kier molecular flexibility index (Phi) is 4.41. The zero-order chi connectivity index (χ0) is 14.7. The van der Waals surface area contributed by atoms with Gasteiger partial charge in [-0.3, -0.25) is 4.79 Å². The van der Waals surface area contributed by atoms with Gasteiger partial charge >= 0.3 is 0 Å². The molecule has 0 saturated carbocycles. The molecule has 106 valence electrons. The summed E-state index contributed by atoms with van der Waals surface area (Å²) in [4.78, 5) is 11.7. The number of rotatable bonds is 4. The minimum Gasteiger partial charge on any atom is -0.387 e. The van der Waals surface area contributed by atoms with Crippen molar-refractivity contribution in [3.63, 3.8) is 0 Å². The SMILES string of the molecule is O=C(NCC(O)c1ccsc1)c1ccc(F)c(F)c1F. The molecule has 0 aliphatic rings. The van der Waals surface area contributed by atoms with Crippen molar-refractivity contribution in [2.24, 2.45) is 0 Å². The minimum atomic E-state index is -1.70. The van der Waals surface area contributed by atoms with E-state index in [1.165, 1.54) is 11.3 Å². The number of aliphatic hydroxyl groups excluding tert-OH is 1. The molecule has 2 rings (SSSR count). The third kappa shape index (κ3) is 3.00. The zero-order valence-corrected chi connectivity index (χ0v) is 10.9. The van der Waals surface area contributed by atoms with E-state index in [2.05, 4.69) is 5.32 Å². The molecule has 2 aromatic rings. The predicted octanol–water partition coefficient (Wildman–Crippen LogP) is 2.63. The molecule has 1 aromatic carbocycles. The van der Waals surface area contributed by atoms with Gasteiger partial charge in [-0.1, -0.05) is 0 Å². The summed E-state index contributed by atoms with van der Waals surface area (Å²) in [5, 5.41) is 15.5. The molecule has 1 heterocycles. The van der Waals surface area contributed by atoms with Crippen molar-refractivity contribution in [2.45, 2.75) is 6.10 Å². The first-order valence-corrected chi connectivity index (χ1v) is 6.57. The molecule has 2 N–H and O–H groups in total. The van der Waals surface area contributed by atoms with Gasteiger partial charge < -0.3 is 10.4 Å². The second-order valence-corrected chi connectivity index (χ2v) is 4.79. The van der Waals surface area contributed by atoms with Crippen LogP contribution in [0, 0.1) is 17.5 Å². The molecule has 1 amide bonds. The molecule has 0 aliphatic carbocycles. The summed E-state index contributed by atoms with van der Waals surface area (Å²) in [6.07, 6.45) is -0.946. The lowest BCUT2D eigenvalue weighted by atomic mass is 10.1. The number of nitrogens with one attached hydrogen (secondary N) is 1. The molecule has 0 saturated heterocycles. The van der Waals surface area contributed by atoms with E-state index in [0.717, 1.165) is 6.07 Å². The Hall–Kier alpha value is -1.86. The lowest BCUT2D eigenvalue weighted by molar-refractivity contribution is 0.0911. The van der Waals surface area contributed by atoms with Crippen LogP contribution in [0.4, 0.5) is 13.2 Å². The molecule has 1 unspecified atom stereocenters. The minimum absolute atomic E-state index is 0.159. The van der Waals surface area contributed by atoms with E-state index in [1.54, 1.807) is 16.8 Å². The predicted molar refractivity (Wildman–Crippen MR) is 67.9 cm³/mol. The Morgan fingerprint density at radius 1 is 1.25 bits per heavy atom. The first kappa shape index (κ1) is 14.5. The number of carbonyl (C=O) groups is 1. The van der Waals surface area contributed by atoms with Gasteiger partial charge in [-0.2, -0.15) is 11.3 Å². The van der Waals surface area contributed by atoms with Crippen molar-refractivity contribution >= 4 is 17.2 Å². The summed E-state index contributed by atoms with van der Waals surface area (Å²) < 4.78 is 39.1. The summed E-state index contributed by atoms with van der Waals surface area (Å²) in [6.45, 7) is -0.159. The number of halogens is 3. The van der Waals surface area contributed by atoms with Crippen molar-refractivity contribution in [3.05, 3.63) is 57.5 Å². The van der Waals surface area contributed by atoms with E-state index in [9.17, 15) is 23.1 Å². The third-order valence-corrected chi connectivity index (χ3v) is 3.37. The molecule has 0 aliphatic heterocycles. The van der Waals surface area contributed by atoms with Crippen molar-refractivity contribution in [2.75, 3.05) is 6.54 Å². The quantitative estimate of drug-likeness (QED) is 0.853. The number of benzene rings is 1. The highest BCUT2D eigenvalue weighted by atomic mass is 32.1. The summed E-state index contributed by atoms with van der Waals surface area (Å²) >= 11 is 1.38. The maximum atomic E-state index is 13.4. The summed E-state index contributed by atoms with van der Waals surface area (Å²) in [5.74, 6) is -5.53. The van der Waals surface area contributed by atoms with Crippen molar-refractivity contribution in [3.8, 4) is 0 Å². The highest BCUT2D eigenvalue weighted by Crippen LogP contribution is 2.17. The van der Waals surface area contributed by atoms with Crippen LogP contribution in [-0.2, 0) is 0 Å². The normalized spacial score (nSPS) is 12.2. The van der Waals surface area contributed by atoms with Crippen LogP contribution >= 0.6 is 11.3 Å². The fraction of sp³-hybridized carbons (Fsp3) is 0.154. The Labute approximate surface area is 116 Å². The van der Waals surface area contributed by atoms with Crippen molar-refractivity contribution in [1.29, 1.82) is 0 Å². The molecule has 1 atom stereocenters. The van der Waals surface area contributed by atoms with E-state index in [-0.39, 0.29) is 6.54 Å². The number of hydrogen-bond donors (Lipinski definition) is 2. The van der Waals surface area contributed by atoms with E-state index >= 15 is 0 Å². The van der Waals surface area contributed by atoms with E-state index in [0.29, 0.717) is 11.6 Å². The van der Waals surface area contributed by atoms with Gasteiger partial charge in [0.15, 0.2) is 17.5 Å². The van der Waals surface area contributed by atoms with E-state index in [4.69, 9.17) is 0 Å². The average molecular weight is 301 g/mol. The zero-order valence-electron chi connectivity index (χ0n) is 10.1. The van der Waals surface area contributed by atoms with Gasteiger partial charge in [0.1, 0.15) is 0 Å². The van der Waals surface area contributed by atoms with Gasteiger partial charge in [-0.15, -0.1) is 0 Å². The molecule has 0 spiro atoms. The number of carbonyl (C=O) groups excluding carboxylic acids is 1. The van der Waals surface area contributed by atoms with E-state index in [1.807, 2.05) is 0 Å². The first-order valence-electron chi connectivity index (χ1n) is 5.62. The van der Waals surface area contributed by atoms with Crippen LogP contribution in [-0.4, -0.2) is 17.6 Å². The van der Waals surface area contributed by atoms with Crippen LogP contribution in [0.15, 0.2) is 29.0 Å². The van der Waals surface area contributed by atoms with Gasteiger partial charge in [0.25, 0.3) is 5.91 Å². The summed E-state index contributed by atoms with van der Waals surface area (Å²) in [7, 11) is 0. The second-order valence-electron chi connectivity index (χ2n) is 4.01. The molecule has 3 nitrogen and oxygen atoms in total. The fourth-order valence-corrected chi connectivity index (χ4v) is 2.28. The van der Waals surface area contributed by atoms with Crippen LogP contribution < -0.4 is 5.32 Å². The average Bonchev–Trinajstić information content (AvgIpc) is 2.96. The van der Waals surface area contributed by atoms with Gasteiger partial charge in [-0.05, 0) is 34.5 Å². The van der Waals surface area contributed by atoms with Crippen molar-refractivity contribution < 1.29 is 23.1 Å². The summed E-state index contributed by atoms with van der Waals surface area (Å²) in [6, 6.07) is 3.20. The Morgan fingerprint density at radius 3 is 2.65 bits per heavy atom. The Morgan fingerprint density at radius 2 is 2.00 bits per heavy atom. The van der Waals surface area contributed by atoms with Gasteiger partial charge in [0.2, 0.25) is 0 Å². The van der Waals surface area contributed by atoms with Crippen LogP contribution in [0.2, 0.25) is 0 Å². The van der Waals surface area contributed by atoms with Crippen LogP contribution in [0.3, 0.4) is 0 Å². The van der Waals surface area contributed by atoms with Gasteiger partial charge in [0.05, 0.1) is 11.7 Å². The van der Waals surface area contributed by atoms with Crippen LogP contribution in [0.5, 0.6) is 0 Å². The molecule has 20 heavy (non-hydrogen) atoms. The smallest absolute Gasteiger partial charge is 0.254 e. The Bertz CT molecular complexity index is 616. The lowest BCUT2D eigenvalue weighted by Gasteiger charge is -2.11. The Balaban J connectivity index is 2.04. The van der Waals surface area contributed by atoms with Crippen molar-refractivity contribution in [1.82, 2.24) is 5.32 Å². The molecule has 0 bridgehead atoms. The largest absolute Gasteiger partial charge is 0.387 e. The van der Waals surface area contributed by atoms with Crippen LogP contribution in [0.25, 0.3) is 0 Å². The number of thiophene rings is 1. The third-order valence-electron chi connectivity index (χ3n) is 2.66. The first-order chi connectivity index (χ1) is 9.50. The molecular formula is C13H10F3NO2S. The monoisotopic (exact) mass is 301 g/mol. The lowest BCUT2D eigenvalue weighted by Crippen LogP contribution is -2.29. The van der Waals surface area contributed by atoms with Gasteiger partial charge in [0, 0.05) is 6.54 Å². The standard InChI is InChI=1S/C13H10F3NO2S/c14-9-2-1-8(11(15)12(9)16)13(19)17-5-10(18)7-3-4-20-6-7/h1-4,6,10,18H,5H2,(H,17,19). The summed E-state index contributed by atoms with van der Waals surface area (Å²) in [5.41, 5.74) is 0.00229. The highest BCUT2D eigenvalue weighted by molar-refractivity contribution is 7.07. The number of hydrogen-bond acceptors (Lipinski definition) is 3. The molecule has 0 fully saturated rings. The van der Waals surface area contributed by atoms with Crippen LogP contribution in [0.1, 0.15) is 22.0 Å². The maximum absolute atomic E-state index is 13.4. The van der Waals surface area contributed by atoms with Gasteiger partial charge in [-0.25, -0.2) is 13.2 Å². The fourth-order valence-electron chi connectivity index (χ4n) is 1.57. The molecule has 0 radical (unpaired) electrons. The number of amides is 1. The highest BCUT2D eigenvalue weighted by Gasteiger charge is 2.19. The second kappa shape index (κ2) is 6.06. The molecular weight excluding hydrogens is 291 g/mol. The maximum Gasteiger partial charge on any atom is 0.254 e. The molecule has 1 aromatic heterocycles. The topological polar surface area (TPSA) is 49.3 Å². The molecule has 7 heteroatoms. The number of aliphatic hydroxyl groups is 1.